The molecule has 0 radical (unpaired) electrons. The fourth-order valence-electron chi connectivity index (χ4n) is 2.94. The molecule has 3 rings (SSSR count). The lowest BCUT2D eigenvalue weighted by Gasteiger charge is -2.13. The fourth-order valence-corrected chi connectivity index (χ4v) is 2.94. The van der Waals surface area contributed by atoms with Crippen LogP contribution in [0.15, 0.2) is 52.7 Å². The van der Waals surface area contributed by atoms with Gasteiger partial charge in [-0.15, -0.1) is 10.2 Å². The van der Waals surface area contributed by atoms with Crippen molar-refractivity contribution in [3.05, 3.63) is 69.3 Å². The number of alkyl halides is 3. The number of nitro benzene ring substituents is 1. The maximum atomic E-state index is 13.4. The number of nitrogens with two attached hydrogens (primary N) is 1. The number of azo groups is 1. The summed E-state index contributed by atoms with van der Waals surface area (Å²) in [5, 5.41) is 30.8. The second-order valence-electron chi connectivity index (χ2n) is 6.82. The van der Waals surface area contributed by atoms with E-state index < -0.39 is 28.0 Å². The van der Waals surface area contributed by atoms with Gasteiger partial charge in [0, 0.05) is 23.4 Å². The van der Waals surface area contributed by atoms with Crippen LogP contribution in [0.2, 0.25) is 0 Å². The molecule has 0 saturated heterocycles. The molecule has 0 unspecified atom stereocenters. The summed E-state index contributed by atoms with van der Waals surface area (Å²) < 4.78 is 45.2. The number of aromatic nitrogens is 1. The molecular formula is C21H16F3N7O3. The van der Waals surface area contributed by atoms with E-state index in [1.54, 1.807) is 24.3 Å². The second-order valence-corrected chi connectivity index (χ2v) is 6.82. The third-order valence-corrected chi connectivity index (χ3v) is 4.66. The van der Waals surface area contributed by atoms with Crippen molar-refractivity contribution in [1.29, 1.82) is 5.26 Å². The molecule has 0 aliphatic carbocycles. The molecule has 1 aromatic heterocycles. The van der Waals surface area contributed by atoms with Gasteiger partial charge in [-0.1, -0.05) is 0 Å². The Hall–Kier alpha value is -4.73. The van der Waals surface area contributed by atoms with Gasteiger partial charge in [-0.2, -0.15) is 18.4 Å². The Morgan fingerprint density at radius 1 is 1.21 bits per heavy atom. The number of nitrogen functional groups attached to an aromatic ring is 1. The van der Waals surface area contributed by atoms with Gasteiger partial charge >= 0.3 is 6.18 Å². The summed E-state index contributed by atoms with van der Waals surface area (Å²) in [7, 11) is 1.52. The normalized spacial score (nSPS) is 11.3. The number of nitrogens with one attached hydrogen (secondary N) is 1. The Bertz CT molecular complexity index is 1320. The first-order valence-electron chi connectivity index (χ1n) is 9.43. The number of ether oxygens (including phenoxy) is 1. The zero-order valence-corrected chi connectivity index (χ0v) is 17.7. The van der Waals surface area contributed by atoms with Crippen LogP contribution >= 0.6 is 0 Å². The van der Waals surface area contributed by atoms with E-state index in [1.807, 2.05) is 6.07 Å². The third kappa shape index (κ3) is 5.01. The molecule has 10 nitrogen and oxygen atoms in total. The summed E-state index contributed by atoms with van der Waals surface area (Å²) in [5.41, 5.74) is 3.96. The average Bonchev–Trinajstić information content (AvgIpc) is 2.78. The number of benzene rings is 2. The van der Waals surface area contributed by atoms with E-state index in [1.165, 1.54) is 14.0 Å². The Kier molecular flexibility index (Phi) is 6.62. The summed E-state index contributed by atoms with van der Waals surface area (Å²) in [5.74, 6) is 0.551. The maximum absolute atomic E-state index is 13.4. The lowest BCUT2D eigenvalue weighted by Crippen LogP contribution is -2.06. The number of pyridine rings is 1. The zero-order valence-electron chi connectivity index (χ0n) is 17.7. The first kappa shape index (κ1) is 23.9. The molecule has 13 heteroatoms. The maximum Gasteiger partial charge on any atom is 0.418 e. The number of non-ortho nitro benzene ring substituents is 1. The first-order chi connectivity index (χ1) is 16.0. The zero-order chi connectivity index (χ0) is 25.0. The summed E-state index contributed by atoms with van der Waals surface area (Å²) in [6.07, 6.45) is -4.91. The molecule has 0 amide bonds. The van der Waals surface area contributed by atoms with Crippen molar-refractivity contribution in [2.45, 2.75) is 13.1 Å². The molecule has 0 atom stereocenters. The van der Waals surface area contributed by atoms with Crippen molar-refractivity contribution in [1.82, 2.24) is 4.98 Å². The number of nitriles is 1. The monoisotopic (exact) mass is 471 g/mol. The van der Waals surface area contributed by atoms with Crippen LogP contribution in [0, 0.1) is 28.4 Å². The molecule has 174 valence electrons. The molecule has 3 aromatic rings. The third-order valence-electron chi connectivity index (χ3n) is 4.66. The highest BCUT2D eigenvalue weighted by Gasteiger charge is 2.35. The van der Waals surface area contributed by atoms with Crippen LogP contribution in [0.25, 0.3) is 0 Å². The van der Waals surface area contributed by atoms with Gasteiger partial charge in [-0.25, -0.2) is 4.98 Å². The number of rotatable bonds is 6. The van der Waals surface area contributed by atoms with Crippen LogP contribution in [0.4, 0.5) is 47.6 Å². The van der Waals surface area contributed by atoms with E-state index in [9.17, 15) is 28.5 Å². The largest absolute Gasteiger partial charge is 0.497 e. The molecule has 0 bridgehead atoms. The molecule has 34 heavy (non-hydrogen) atoms. The van der Waals surface area contributed by atoms with Gasteiger partial charge in [-0.3, -0.25) is 10.1 Å². The first-order valence-corrected chi connectivity index (χ1v) is 9.43. The van der Waals surface area contributed by atoms with Gasteiger partial charge in [0.05, 0.1) is 28.8 Å². The number of nitro groups is 1. The predicted molar refractivity (Wildman–Crippen MR) is 117 cm³/mol. The number of anilines is 3. The SMILES string of the molecule is COc1ccc(Nc2nc(N)c(/N=N/c3ccc([N+](=O)[O-])cc3C(F)(F)F)c(C)c2C#N)cc1. The Morgan fingerprint density at radius 3 is 2.44 bits per heavy atom. The van der Waals surface area contributed by atoms with Gasteiger partial charge in [0.15, 0.2) is 11.6 Å². The Morgan fingerprint density at radius 2 is 1.88 bits per heavy atom. The summed E-state index contributed by atoms with van der Waals surface area (Å²) in [6, 6.07) is 10.8. The number of hydrogen-bond donors (Lipinski definition) is 2. The summed E-state index contributed by atoms with van der Waals surface area (Å²) in [6.45, 7) is 1.49. The smallest absolute Gasteiger partial charge is 0.418 e. The van der Waals surface area contributed by atoms with Crippen molar-refractivity contribution in [3.8, 4) is 11.8 Å². The molecule has 2 aromatic carbocycles. The van der Waals surface area contributed by atoms with Crippen molar-refractivity contribution >= 4 is 34.4 Å². The van der Waals surface area contributed by atoms with Crippen molar-refractivity contribution < 1.29 is 22.8 Å². The topological polar surface area (TPSA) is 152 Å². The predicted octanol–water partition coefficient (Wildman–Crippen LogP) is 5.94. The summed E-state index contributed by atoms with van der Waals surface area (Å²) in [4.78, 5) is 14.0. The highest BCUT2D eigenvalue weighted by molar-refractivity contribution is 5.75. The van der Waals surface area contributed by atoms with Crippen LogP contribution in [0.1, 0.15) is 16.7 Å². The minimum atomic E-state index is -4.91. The van der Waals surface area contributed by atoms with Crippen molar-refractivity contribution in [2.75, 3.05) is 18.2 Å². The van der Waals surface area contributed by atoms with Crippen molar-refractivity contribution in [3.63, 3.8) is 0 Å². The molecule has 0 aliphatic rings. The highest BCUT2D eigenvalue weighted by Crippen LogP contribution is 2.40. The van der Waals surface area contributed by atoms with Gasteiger partial charge in [0.2, 0.25) is 0 Å². The van der Waals surface area contributed by atoms with E-state index in [0.717, 1.165) is 12.1 Å². The number of hydrogen-bond acceptors (Lipinski definition) is 9. The number of halogens is 3. The quantitative estimate of drug-likeness (QED) is 0.256. The molecule has 1 heterocycles. The molecule has 3 N–H and O–H groups in total. The van der Waals surface area contributed by atoms with Crippen LogP contribution in [-0.4, -0.2) is 17.0 Å². The second kappa shape index (κ2) is 9.41. The molecule has 0 saturated carbocycles. The minimum absolute atomic E-state index is 0.0544. The average molecular weight is 471 g/mol. The molecule has 0 aliphatic heterocycles. The van der Waals surface area contributed by atoms with Crippen LogP contribution in [-0.2, 0) is 6.18 Å². The Labute approximate surface area is 190 Å². The number of methoxy groups -OCH3 is 1. The van der Waals surface area contributed by atoms with Crippen LogP contribution < -0.4 is 15.8 Å². The van der Waals surface area contributed by atoms with Crippen LogP contribution in [0.3, 0.4) is 0 Å². The fraction of sp³-hybridized carbons (Fsp3) is 0.143. The molecular weight excluding hydrogens is 455 g/mol. The Balaban J connectivity index is 2.01. The van der Waals surface area contributed by atoms with E-state index in [0.29, 0.717) is 17.5 Å². The highest BCUT2D eigenvalue weighted by atomic mass is 19.4. The van der Waals surface area contributed by atoms with Gasteiger partial charge in [-0.05, 0) is 37.3 Å². The summed E-state index contributed by atoms with van der Waals surface area (Å²) >= 11 is 0. The van der Waals surface area contributed by atoms with E-state index in [-0.39, 0.29) is 28.5 Å². The molecule has 0 spiro atoms. The minimum Gasteiger partial charge on any atom is -0.497 e. The van der Waals surface area contributed by atoms with Crippen LogP contribution in [0.5, 0.6) is 5.75 Å². The van der Waals surface area contributed by atoms with Gasteiger partial charge in [0.1, 0.15) is 17.5 Å². The lowest BCUT2D eigenvalue weighted by molar-refractivity contribution is -0.385. The van der Waals surface area contributed by atoms with Crippen molar-refractivity contribution in [2.24, 2.45) is 10.2 Å². The van der Waals surface area contributed by atoms with E-state index in [4.69, 9.17) is 10.5 Å². The van der Waals surface area contributed by atoms with Gasteiger partial charge in [0.25, 0.3) is 5.69 Å². The van der Waals surface area contributed by atoms with Gasteiger partial charge < -0.3 is 15.8 Å². The lowest BCUT2D eigenvalue weighted by atomic mass is 10.1. The van der Waals surface area contributed by atoms with E-state index in [2.05, 4.69) is 20.5 Å². The standard InChI is InChI=1S/C21H16F3N7O3/c1-11-15(10-25)20(27-12-3-6-14(34-2)7-4-12)28-19(26)18(11)30-29-17-8-5-13(31(32)33)9-16(17)21(22,23)24/h3-9H,1-2H3,(H3,26,27,28)/b30-29+. The van der Waals surface area contributed by atoms with E-state index >= 15 is 0 Å². The number of nitrogens with zero attached hydrogens (tertiary/aromatic N) is 5. The molecule has 0 fully saturated rings.